The molecule has 1 fully saturated rings. The predicted octanol–water partition coefficient (Wildman–Crippen LogP) is 3.01. The number of likely N-dealkylation sites (tertiary alicyclic amines) is 1. The van der Waals surface area contributed by atoms with Crippen molar-refractivity contribution >= 4 is 0 Å². The third kappa shape index (κ3) is 2.70. The summed E-state index contributed by atoms with van der Waals surface area (Å²) in [5, 5.41) is 0. The van der Waals surface area contributed by atoms with Crippen LogP contribution in [0.3, 0.4) is 0 Å². The van der Waals surface area contributed by atoms with E-state index in [2.05, 4.69) is 39.5 Å². The summed E-state index contributed by atoms with van der Waals surface area (Å²) in [5.41, 5.74) is 0. The Hall–Kier alpha value is -0.0400. The summed E-state index contributed by atoms with van der Waals surface area (Å²) in [5.74, 6) is 2.70. The molecule has 1 heteroatoms. The molecular formula is C12H25N. The van der Waals surface area contributed by atoms with Crippen LogP contribution in [0.5, 0.6) is 0 Å². The van der Waals surface area contributed by atoms with Crippen molar-refractivity contribution in [1.82, 2.24) is 4.90 Å². The zero-order valence-electron chi connectivity index (χ0n) is 9.88. The lowest BCUT2D eigenvalue weighted by molar-refractivity contribution is 0.0799. The first-order valence-electron chi connectivity index (χ1n) is 5.76. The Kier molecular flexibility index (Phi) is 3.78. The van der Waals surface area contributed by atoms with E-state index in [0.717, 1.165) is 23.8 Å². The number of rotatable bonds is 2. The van der Waals surface area contributed by atoms with Gasteiger partial charge in [-0.15, -0.1) is 0 Å². The average Bonchev–Trinajstić information content (AvgIpc) is 2.03. The molecule has 1 rings (SSSR count). The first kappa shape index (κ1) is 11.0. The highest BCUT2D eigenvalue weighted by Crippen LogP contribution is 2.30. The van der Waals surface area contributed by atoms with Crippen LogP contribution in [0, 0.1) is 17.8 Å². The summed E-state index contributed by atoms with van der Waals surface area (Å²) in [6.45, 7) is 14.4. The molecule has 1 aliphatic rings. The standard InChI is InChI=1S/C12H25N/c1-9(2)12-6-7-13(10(3)4)8-11(12)5/h9-12H,6-8H2,1-5H3/t11-,12?/m1/s1. The van der Waals surface area contributed by atoms with E-state index in [1.54, 1.807) is 0 Å². The van der Waals surface area contributed by atoms with Gasteiger partial charge in [0.2, 0.25) is 0 Å². The smallest absolute Gasteiger partial charge is 0.00387 e. The van der Waals surface area contributed by atoms with Crippen molar-refractivity contribution < 1.29 is 0 Å². The molecule has 0 radical (unpaired) electrons. The van der Waals surface area contributed by atoms with Crippen LogP contribution in [0.4, 0.5) is 0 Å². The molecule has 1 unspecified atom stereocenters. The second-order valence-corrected chi connectivity index (χ2v) is 5.26. The Morgan fingerprint density at radius 3 is 2.15 bits per heavy atom. The van der Waals surface area contributed by atoms with Gasteiger partial charge < -0.3 is 4.90 Å². The average molecular weight is 183 g/mol. The molecule has 0 aromatic carbocycles. The summed E-state index contributed by atoms with van der Waals surface area (Å²) >= 11 is 0. The Balaban J connectivity index is 2.46. The van der Waals surface area contributed by atoms with Gasteiger partial charge in [-0.25, -0.2) is 0 Å². The van der Waals surface area contributed by atoms with Gasteiger partial charge in [0.15, 0.2) is 0 Å². The normalized spacial score (nSPS) is 31.6. The second-order valence-electron chi connectivity index (χ2n) is 5.26. The van der Waals surface area contributed by atoms with Gasteiger partial charge in [-0.3, -0.25) is 0 Å². The molecule has 0 amide bonds. The molecule has 1 aliphatic heterocycles. The van der Waals surface area contributed by atoms with Crippen molar-refractivity contribution in [2.45, 2.75) is 47.1 Å². The predicted molar refractivity (Wildman–Crippen MR) is 58.8 cm³/mol. The number of hydrogen-bond donors (Lipinski definition) is 0. The molecule has 0 aliphatic carbocycles. The van der Waals surface area contributed by atoms with Gasteiger partial charge in [-0.05, 0) is 44.6 Å². The molecule has 0 aromatic rings. The highest BCUT2D eigenvalue weighted by molar-refractivity contribution is 4.80. The first-order valence-corrected chi connectivity index (χ1v) is 5.76. The van der Waals surface area contributed by atoms with Crippen molar-refractivity contribution in [2.75, 3.05) is 13.1 Å². The Bertz CT molecular complexity index is 151. The molecule has 0 saturated carbocycles. The maximum Gasteiger partial charge on any atom is 0.00387 e. The molecule has 0 N–H and O–H groups in total. The monoisotopic (exact) mass is 183 g/mol. The molecule has 78 valence electrons. The van der Waals surface area contributed by atoms with Gasteiger partial charge in [0, 0.05) is 12.6 Å². The fourth-order valence-corrected chi connectivity index (χ4v) is 2.66. The summed E-state index contributed by atoms with van der Waals surface area (Å²) in [6.07, 6.45) is 1.40. The van der Waals surface area contributed by atoms with Crippen molar-refractivity contribution in [3.63, 3.8) is 0 Å². The van der Waals surface area contributed by atoms with E-state index in [-0.39, 0.29) is 0 Å². The lowest BCUT2D eigenvalue weighted by atomic mass is 9.79. The Labute approximate surface area is 83.5 Å². The van der Waals surface area contributed by atoms with Crippen molar-refractivity contribution in [3.05, 3.63) is 0 Å². The Morgan fingerprint density at radius 1 is 1.15 bits per heavy atom. The van der Waals surface area contributed by atoms with Crippen LogP contribution in [0.2, 0.25) is 0 Å². The van der Waals surface area contributed by atoms with Crippen LogP contribution >= 0.6 is 0 Å². The van der Waals surface area contributed by atoms with E-state index < -0.39 is 0 Å². The first-order chi connectivity index (χ1) is 6.02. The maximum absolute atomic E-state index is 2.61. The fourth-order valence-electron chi connectivity index (χ4n) is 2.66. The van der Waals surface area contributed by atoms with Crippen LogP contribution in [0.15, 0.2) is 0 Å². The third-order valence-electron chi connectivity index (χ3n) is 3.59. The van der Waals surface area contributed by atoms with Gasteiger partial charge in [0.1, 0.15) is 0 Å². The summed E-state index contributed by atoms with van der Waals surface area (Å²) < 4.78 is 0. The third-order valence-corrected chi connectivity index (χ3v) is 3.59. The molecule has 13 heavy (non-hydrogen) atoms. The van der Waals surface area contributed by atoms with E-state index in [9.17, 15) is 0 Å². The van der Waals surface area contributed by atoms with Crippen molar-refractivity contribution in [2.24, 2.45) is 17.8 Å². The minimum absolute atomic E-state index is 0.732. The Morgan fingerprint density at radius 2 is 1.77 bits per heavy atom. The summed E-state index contributed by atoms with van der Waals surface area (Å²) in [7, 11) is 0. The van der Waals surface area contributed by atoms with E-state index in [1.165, 1.54) is 19.5 Å². The highest BCUT2D eigenvalue weighted by Gasteiger charge is 2.28. The lowest BCUT2D eigenvalue weighted by Gasteiger charge is -2.40. The van der Waals surface area contributed by atoms with E-state index in [1.807, 2.05) is 0 Å². The molecule has 1 saturated heterocycles. The van der Waals surface area contributed by atoms with E-state index >= 15 is 0 Å². The van der Waals surface area contributed by atoms with Crippen LogP contribution in [0.1, 0.15) is 41.0 Å². The second kappa shape index (κ2) is 4.45. The minimum Gasteiger partial charge on any atom is -0.301 e. The van der Waals surface area contributed by atoms with Crippen molar-refractivity contribution in [3.8, 4) is 0 Å². The minimum atomic E-state index is 0.732. The largest absolute Gasteiger partial charge is 0.301 e. The maximum atomic E-state index is 2.61. The quantitative estimate of drug-likeness (QED) is 0.636. The van der Waals surface area contributed by atoms with Crippen LogP contribution < -0.4 is 0 Å². The highest BCUT2D eigenvalue weighted by atomic mass is 15.2. The molecule has 0 aromatic heterocycles. The fraction of sp³-hybridized carbons (Fsp3) is 1.00. The zero-order valence-corrected chi connectivity index (χ0v) is 9.88. The SMILES string of the molecule is CC(C)C1CCN(C(C)C)C[C@H]1C. The number of piperidine rings is 1. The van der Waals surface area contributed by atoms with Gasteiger partial charge in [-0.2, -0.15) is 0 Å². The summed E-state index contributed by atoms with van der Waals surface area (Å²) in [6, 6.07) is 0.732. The van der Waals surface area contributed by atoms with E-state index in [4.69, 9.17) is 0 Å². The zero-order chi connectivity index (χ0) is 10.0. The van der Waals surface area contributed by atoms with Crippen LogP contribution in [-0.4, -0.2) is 24.0 Å². The lowest BCUT2D eigenvalue weighted by Crippen LogP contribution is -2.44. The summed E-state index contributed by atoms with van der Waals surface area (Å²) in [4.78, 5) is 2.61. The molecular weight excluding hydrogens is 158 g/mol. The molecule has 2 atom stereocenters. The van der Waals surface area contributed by atoms with Crippen LogP contribution in [-0.2, 0) is 0 Å². The number of hydrogen-bond acceptors (Lipinski definition) is 1. The van der Waals surface area contributed by atoms with Gasteiger partial charge in [0.25, 0.3) is 0 Å². The van der Waals surface area contributed by atoms with Crippen LogP contribution in [0.25, 0.3) is 0 Å². The van der Waals surface area contributed by atoms with Crippen molar-refractivity contribution in [1.29, 1.82) is 0 Å². The topological polar surface area (TPSA) is 3.24 Å². The van der Waals surface area contributed by atoms with E-state index in [0.29, 0.717) is 0 Å². The van der Waals surface area contributed by atoms with Gasteiger partial charge in [0.05, 0.1) is 0 Å². The van der Waals surface area contributed by atoms with Gasteiger partial charge in [-0.1, -0.05) is 20.8 Å². The molecule has 0 bridgehead atoms. The molecule has 1 heterocycles. The van der Waals surface area contributed by atoms with Gasteiger partial charge >= 0.3 is 0 Å². The number of nitrogens with zero attached hydrogens (tertiary/aromatic N) is 1. The molecule has 0 spiro atoms. The molecule has 1 nitrogen and oxygen atoms in total.